The largest absolute Gasteiger partial charge is 0.417 e. The molecule has 2 aliphatic rings. The fourth-order valence-electron chi connectivity index (χ4n) is 12.7. The third-order valence-corrected chi connectivity index (χ3v) is 17.2. The molecule has 0 N–H and O–H groups in total. The summed E-state index contributed by atoms with van der Waals surface area (Å²) in [6.45, 7) is 0. The maximum Gasteiger partial charge on any atom is 0.417 e. The van der Waals surface area contributed by atoms with E-state index in [1.807, 2.05) is 0 Å². The van der Waals surface area contributed by atoms with Crippen LogP contribution in [0.1, 0.15) is 39.8 Å². The molecule has 2 heterocycles. The van der Waals surface area contributed by atoms with Crippen LogP contribution in [0.25, 0.3) is 99.5 Å². The van der Waals surface area contributed by atoms with E-state index in [0.29, 0.717) is 48.6 Å². The van der Waals surface area contributed by atoms with E-state index in [1.54, 1.807) is 0 Å². The lowest BCUT2D eigenvalue weighted by molar-refractivity contribution is -0.148. The molecule has 0 fully saturated rings. The van der Waals surface area contributed by atoms with Crippen LogP contribution in [0.15, 0.2) is 193 Å². The topological polar surface area (TPSA) is 9.86 Å². The molecule has 1 atom stereocenters. The summed E-state index contributed by atoms with van der Waals surface area (Å²) in [5, 5.41) is -2.01. The fourth-order valence-corrected chi connectivity index (χ4v) is 12.7. The number of hydrogen-bond acceptors (Lipinski definition) is 0. The van der Waals surface area contributed by atoms with Gasteiger partial charge in [-0.05, 0) is 158 Å². The van der Waals surface area contributed by atoms with Crippen LogP contribution in [-0.4, -0.2) is 33.8 Å². The standard InChI is InChI=1S/C70H32F30N2/c71-61(72,73)35-5-15-41(53(25-35)67(89,90)91)31-1-11-45-46-12-2-32(42-16-6-36(62(74,75)76)26-54(42)68(92,93)94)22-58(46)101(57(45)21-31)39-9-19-51(65(83,84)85)49(29-39)50-30-40(10-20-52(50)66(86,87)88)102-59-23-33(43-17-7-37(63(77,78)79)27-55(43)69(95,96)97)3-13-47(59)48-14-4-34(24-60(48)102)44-18-8-38(64(80,81)82)28-56(44)70(98,99)100/h1-17,19-30,55H,18H2. The molecule has 2 aromatic heterocycles. The van der Waals surface area contributed by atoms with E-state index in [1.165, 1.54) is 0 Å². The highest BCUT2D eigenvalue weighted by molar-refractivity contribution is 6.12. The summed E-state index contributed by atoms with van der Waals surface area (Å²) in [6.07, 6.45) is -55.9. The van der Waals surface area contributed by atoms with Crippen LogP contribution in [0, 0.1) is 5.92 Å². The van der Waals surface area contributed by atoms with Gasteiger partial charge in [0.2, 0.25) is 0 Å². The normalized spacial score (nSPS) is 17.0. The molecule has 0 amide bonds. The smallest absolute Gasteiger partial charge is 0.309 e. The Balaban J connectivity index is 1.18. The number of fused-ring (bicyclic) bond motifs is 6. The summed E-state index contributed by atoms with van der Waals surface area (Å²) in [6, 6.07) is 13.7. The van der Waals surface area contributed by atoms with Crippen LogP contribution in [0.3, 0.4) is 0 Å². The second-order valence-corrected chi connectivity index (χ2v) is 23.4. The zero-order valence-electron chi connectivity index (χ0n) is 49.8. The SMILES string of the molecule is FC(F)(F)C1=CCC(=c2ccc3c4ccc(=C5C=CC(C(F)(F)F)=CC5C(F)(F)F)cc4n(-c4ccc(C(F)(F)F)c(-c5cc(-n6c7cc(-c8ccc(C(F)(F)F)cc8C(F)(F)F)ccc7c7ccc(-c8ccc(C(F)(F)F)cc8C(F)(F)F)cc76)ccc5C(F)(F)F)c4)c3c2)C(C(F)(F)F)=C1. The first-order chi connectivity index (χ1) is 46.9. The Morgan fingerprint density at radius 1 is 0.304 bits per heavy atom. The number of benzene rings is 8. The van der Waals surface area contributed by atoms with Gasteiger partial charge in [-0.3, -0.25) is 0 Å². The number of hydrogen-bond donors (Lipinski definition) is 0. The minimum atomic E-state index is -5.78. The van der Waals surface area contributed by atoms with Crippen LogP contribution in [0.4, 0.5) is 132 Å². The summed E-state index contributed by atoms with van der Waals surface area (Å²) in [5.41, 5.74) is -28.7. The predicted octanol–water partition coefficient (Wildman–Crippen LogP) is 23.9. The van der Waals surface area contributed by atoms with Crippen molar-refractivity contribution < 1.29 is 132 Å². The zero-order valence-corrected chi connectivity index (χ0v) is 49.8. The lowest BCUT2D eigenvalue weighted by Crippen LogP contribution is -2.29. The van der Waals surface area contributed by atoms with Gasteiger partial charge in [-0.2, -0.15) is 132 Å². The fraction of sp³-hybridized carbons (Fsp3) is 0.171. The monoisotopic (exact) mass is 1470 g/mol. The molecule has 0 aliphatic heterocycles. The summed E-state index contributed by atoms with van der Waals surface area (Å²) in [7, 11) is 0. The molecular weight excluding hydrogens is 1440 g/mol. The van der Waals surface area contributed by atoms with E-state index >= 15 is 26.3 Å². The van der Waals surface area contributed by atoms with Crippen molar-refractivity contribution in [3.8, 4) is 44.8 Å². The van der Waals surface area contributed by atoms with Crippen molar-refractivity contribution in [2.75, 3.05) is 0 Å². The van der Waals surface area contributed by atoms with Gasteiger partial charge in [-0.1, -0.05) is 78.9 Å². The highest BCUT2D eigenvalue weighted by atomic mass is 19.4. The molecule has 12 rings (SSSR count). The molecule has 8 aromatic carbocycles. The Morgan fingerprint density at radius 2 is 0.696 bits per heavy atom. The Morgan fingerprint density at radius 3 is 1.08 bits per heavy atom. The van der Waals surface area contributed by atoms with E-state index in [0.717, 1.165) is 81.9 Å². The molecule has 1 unspecified atom stereocenters. The average Bonchev–Trinajstić information content (AvgIpc) is 1.55. The number of alkyl halides is 30. The van der Waals surface area contributed by atoms with E-state index in [4.69, 9.17) is 0 Å². The quantitative estimate of drug-likeness (QED) is 0.152. The molecule has 102 heavy (non-hydrogen) atoms. The van der Waals surface area contributed by atoms with Crippen molar-refractivity contribution in [3.05, 3.63) is 237 Å². The molecule has 0 saturated carbocycles. The third-order valence-electron chi connectivity index (χ3n) is 17.2. The molecule has 532 valence electrons. The van der Waals surface area contributed by atoms with Crippen molar-refractivity contribution in [1.82, 2.24) is 9.13 Å². The van der Waals surface area contributed by atoms with Crippen molar-refractivity contribution in [3.63, 3.8) is 0 Å². The molecule has 0 radical (unpaired) electrons. The molecule has 0 spiro atoms. The predicted molar refractivity (Wildman–Crippen MR) is 313 cm³/mol. The minimum Gasteiger partial charge on any atom is -0.309 e. The average molecular weight is 1470 g/mol. The second kappa shape index (κ2) is 23.8. The summed E-state index contributed by atoms with van der Waals surface area (Å²) in [4.78, 5) is 0. The van der Waals surface area contributed by atoms with E-state index < -0.39 is 213 Å². The van der Waals surface area contributed by atoms with Crippen LogP contribution >= 0.6 is 0 Å². The van der Waals surface area contributed by atoms with Crippen molar-refractivity contribution in [1.29, 1.82) is 0 Å². The maximum absolute atomic E-state index is 15.8. The number of allylic oxidation sites excluding steroid dienone is 8. The Labute approximate surface area is 549 Å². The van der Waals surface area contributed by atoms with Crippen LogP contribution < -0.4 is 10.4 Å². The van der Waals surface area contributed by atoms with Gasteiger partial charge in [0, 0.05) is 32.9 Å². The van der Waals surface area contributed by atoms with Gasteiger partial charge < -0.3 is 9.13 Å². The third kappa shape index (κ3) is 13.2. The number of halogens is 30. The van der Waals surface area contributed by atoms with Gasteiger partial charge in [-0.25, -0.2) is 0 Å². The van der Waals surface area contributed by atoms with E-state index in [9.17, 15) is 105 Å². The Kier molecular flexibility index (Phi) is 16.7. The number of rotatable bonds is 5. The van der Waals surface area contributed by atoms with E-state index in [-0.39, 0.29) is 76.2 Å². The lowest BCUT2D eigenvalue weighted by Gasteiger charge is -2.24. The first kappa shape index (κ1) is 71.8. The highest BCUT2D eigenvalue weighted by Gasteiger charge is 2.47. The van der Waals surface area contributed by atoms with Gasteiger partial charge in [0.05, 0.1) is 78.1 Å². The molecule has 2 nitrogen and oxygen atoms in total. The lowest BCUT2D eigenvalue weighted by atomic mass is 9.88. The summed E-state index contributed by atoms with van der Waals surface area (Å²) in [5.74, 6) is -3.08. The van der Waals surface area contributed by atoms with Gasteiger partial charge >= 0.3 is 61.8 Å². The number of nitrogens with zero attached hydrogens (tertiary/aromatic N) is 2. The van der Waals surface area contributed by atoms with Crippen LogP contribution in [0.5, 0.6) is 0 Å². The van der Waals surface area contributed by atoms with E-state index in [2.05, 4.69) is 0 Å². The van der Waals surface area contributed by atoms with Gasteiger partial charge in [0.25, 0.3) is 0 Å². The summed E-state index contributed by atoms with van der Waals surface area (Å²) < 4.78 is 442. The van der Waals surface area contributed by atoms with Crippen LogP contribution in [0.2, 0.25) is 0 Å². The molecular formula is C70H32F30N2. The first-order valence-electron chi connectivity index (χ1n) is 28.9. The maximum atomic E-state index is 15.8. The molecule has 0 bridgehead atoms. The van der Waals surface area contributed by atoms with Crippen molar-refractivity contribution >= 4 is 54.8 Å². The number of aromatic nitrogens is 2. The van der Waals surface area contributed by atoms with Crippen molar-refractivity contribution in [2.45, 2.75) is 68.2 Å². The molecule has 32 heteroatoms. The minimum absolute atomic E-state index is 0.146. The Bertz CT molecular complexity index is 5170. The molecule has 2 aliphatic carbocycles. The molecule has 0 saturated heterocycles. The zero-order chi connectivity index (χ0) is 74.7. The van der Waals surface area contributed by atoms with Gasteiger partial charge in [-0.15, -0.1) is 0 Å². The van der Waals surface area contributed by atoms with Gasteiger partial charge in [0.1, 0.15) is 0 Å². The first-order valence-corrected chi connectivity index (χ1v) is 28.9. The van der Waals surface area contributed by atoms with Crippen LogP contribution in [-0.2, 0) is 37.1 Å². The Hall–Kier alpha value is -10.0. The molecule has 10 aromatic rings. The van der Waals surface area contributed by atoms with Crippen molar-refractivity contribution in [2.24, 2.45) is 5.92 Å². The summed E-state index contributed by atoms with van der Waals surface area (Å²) >= 11 is 0. The van der Waals surface area contributed by atoms with Gasteiger partial charge in [0.15, 0.2) is 0 Å². The highest BCUT2D eigenvalue weighted by Crippen LogP contribution is 2.51. The second-order valence-electron chi connectivity index (χ2n) is 23.4.